The minimum Gasteiger partial charge on any atom is -0.377 e. The highest BCUT2D eigenvalue weighted by Gasteiger charge is 2.40. The average Bonchev–Trinajstić information content (AvgIpc) is 3.04. The first-order chi connectivity index (χ1) is 12.7. The van der Waals surface area contributed by atoms with E-state index >= 15 is 0 Å². The van der Waals surface area contributed by atoms with Gasteiger partial charge < -0.3 is 19.7 Å². The molecule has 1 atom stereocenters. The molecule has 138 valence electrons. The predicted octanol–water partition coefficient (Wildman–Crippen LogP) is 1.05. The minimum atomic E-state index is -0.529. The number of carbonyl (C=O) groups is 1. The van der Waals surface area contributed by atoms with Crippen LogP contribution in [-0.2, 0) is 9.47 Å². The average molecular weight is 360 g/mol. The van der Waals surface area contributed by atoms with Crippen LogP contribution in [0.3, 0.4) is 0 Å². The number of carbonyl (C=O) groups excluding carboxylic acids is 1. The SMILES string of the molecule is O=C(c1cc(-c2ccccc2F)n[nH]1)N1CCO[C@@]2(CNCCOC2)C1. The summed E-state index contributed by atoms with van der Waals surface area (Å²) in [5.74, 6) is -0.544. The lowest BCUT2D eigenvalue weighted by Crippen LogP contribution is -2.59. The summed E-state index contributed by atoms with van der Waals surface area (Å²) >= 11 is 0. The van der Waals surface area contributed by atoms with Crippen molar-refractivity contribution in [1.29, 1.82) is 0 Å². The van der Waals surface area contributed by atoms with Crippen molar-refractivity contribution in [2.45, 2.75) is 5.60 Å². The van der Waals surface area contributed by atoms with Gasteiger partial charge >= 0.3 is 0 Å². The van der Waals surface area contributed by atoms with Crippen LogP contribution < -0.4 is 5.32 Å². The Labute approximate surface area is 150 Å². The Bertz CT molecular complexity index is 786. The summed E-state index contributed by atoms with van der Waals surface area (Å²) in [4.78, 5) is 14.6. The molecular weight excluding hydrogens is 339 g/mol. The van der Waals surface area contributed by atoms with Gasteiger partial charge in [-0.15, -0.1) is 0 Å². The summed E-state index contributed by atoms with van der Waals surface area (Å²) < 4.78 is 25.5. The van der Waals surface area contributed by atoms with Crippen molar-refractivity contribution in [3.8, 4) is 11.3 Å². The summed E-state index contributed by atoms with van der Waals surface area (Å²) in [6.45, 7) is 3.87. The highest BCUT2D eigenvalue weighted by atomic mass is 19.1. The summed E-state index contributed by atoms with van der Waals surface area (Å²) in [6, 6.07) is 7.95. The first-order valence-electron chi connectivity index (χ1n) is 8.69. The number of nitrogens with one attached hydrogen (secondary N) is 2. The molecule has 7 nitrogen and oxygen atoms in total. The zero-order valence-corrected chi connectivity index (χ0v) is 14.3. The molecule has 0 radical (unpaired) electrons. The van der Waals surface area contributed by atoms with Crippen molar-refractivity contribution in [3.63, 3.8) is 0 Å². The van der Waals surface area contributed by atoms with Gasteiger partial charge in [-0.2, -0.15) is 5.10 Å². The third-order valence-electron chi connectivity index (χ3n) is 4.73. The van der Waals surface area contributed by atoms with Crippen LogP contribution in [0, 0.1) is 5.82 Å². The third-order valence-corrected chi connectivity index (χ3v) is 4.73. The van der Waals surface area contributed by atoms with Gasteiger partial charge in [0, 0.05) is 25.2 Å². The van der Waals surface area contributed by atoms with Crippen molar-refractivity contribution >= 4 is 5.91 Å². The largest absolute Gasteiger partial charge is 0.377 e. The Hall–Kier alpha value is -2.29. The van der Waals surface area contributed by atoms with Gasteiger partial charge in [0.05, 0.1) is 32.1 Å². The molecule has 0 aliphatic carbocycles. The standard InChI is InChI=1S/C18H21FN4O3/c19-14-4-2-1-3-13(14)15-9-16(22-21-15)17(24)23-6-8-26-18(11-23)10-20-5-7-25-12-18/h1-4,9,20H,5-8,10-12H2,(H,21,22)/t18-/m0/s1. The topological polar surface area (TPSA) is 79.5 Å². The number of hydrogen-bond donors (Lipinski definition) is 2. The molecule has 3 heterocycles. The number of rotatable bonds is 2. The van der Waals surface area contributed by atoms with Gasteiger partial charge in [-0.1, -0.05) is 12.1 Å². The van der Waals surface area contributed by atoms with Gasteiger partial charge in [0.2, 0.25) is 0 Å². The second kappa shape index (κ2) is 7.14. The van der Waals surface area contributed by atoms with E-state index in [2.05, 4.69) is 15.5 Å². The second-order valence-corrected chi connectivity index (χ2v) is 6.63. The van der Waals surface area contributed by atoms with E-state index < -0.39 is 5.60 Å². The molecule has 1 amide bonds. The molecule has 0 saturated carbocycles. The van der Waals surface area contributed by atoms with Crippen molar-refractivity contribution in [1.82, 2.24) is 20.4 Å². The van der Waals surface area contributed by atoms with Gasteiger partial charge in [-0.3, -0.25) is 9.89 Å². The summed E-state index contributed by atoms with van der Waals surface area (Å²) in [5.41, 5.74) is 0.582. The first-order valence-corrected chi connectivity index (χ1v) is 8.69. The monoisotopic (exact) mass is 360 g/mol. The molecule has 2 aliphatic heterocycles. The molecule has 1 spiro atoms. The Balaban J connectivity index is 1.52. The Morgan fingerprint density at radius 2 is 2.19 bits per heavy atom. The quantitative estimate of drug-likeness (QED) is 0.837. The zero-order valence-electron chi connectivity index (χ0n) is 14.3. The van der Waals surface area contributed by atoms with Crippen LogP contribution in [0.5, 0.6) is 0 Å². The van der Waals surface area contributed by atoms with Crippen molar-refractivity contribution in [2.24, 2.45) is 0 Å². The number of aromatic amines is 1. The van der Waals surface area contributed by atoms with E-state index in [-0.39, 0.29) is 11.7 Å². The number of benzene rings is 1. The number of nitrogens with zero attached hydrogens (tertiary/aromatic N) is 2. The Kier molecular flexibility index (Phi) is 4.71. The fourth-order valence-electron chi connectivity index (χ4n) is 3.39. The third kappa shape index (κ3) is 3.35. The normalized spacial score (nSPS) is 23.8. The van der Waals surface area contributed by atoms with Gasteiger partial charge in [0.15, 0.2) is 0 Å². The van der Waals surface area contributed by atoms with E-state index in [0.717, 1.165) is 6.54 Å². The van der Waals surface area contributed by atoms with Gasteiger partial charge in [-0.25, -0.2) is 4.39 Å². The zero-order chi connectivity index (χ0) is 18.0. The van der Waals surface area contributed by atoms with Crippen LogP contribution in [0.2, 0.25) is 0 Å². The number of amides is 1. The van der Waals surface area contributed by atoms with E-state index in [1.807, 2.05) is 0 Å². The lowest BCUT2D eigenvalue weighted by molar-refractivity contribution is -0.125. The molecule has 2 N–H and O–H groups in total. The van der Waals surface area contributed by atoms with E-state index in [1.165, 1.54) is 6.07 Å². The highest BCUT2D eigenvalue weighted by molar-refractivity contribution is 5.93. The molecule has 1 aromatic heterocycles. The maximum absolute atomic E-state index is 13.9. The summed E-state index contributed by atoms with van der Waals surface area (Å²) in [7, 11) is 0. The minimum absolute atomic E-state index is 0.174. The number of H-pyrrole nitrogens is 1. The fourth-order valence-corrected chi connectivity index (χ4v) is 3.39. The Morgan fingerprint density at radius 1 is 1.31 bits per heavy atom. The lowest BCUT2D eigenvalue weighted by Gasteiger charge is -2.41. The molecule has 2 aliphatic rings. The van der Waals surface area contributed by atoms with Crippen LogP contribution in [-0.4, -0.2) is 72.6 Å². The predicted molar refractivity (Wildman–Crippen MR) is 92.3 cm³/mol. The summed E-state index contributed by atoms with van der Waals surface area (Å²) in [5, 5.41) is 10.1. The molecule has 1 aromatic carbocycles. The number of morpholine rings is 1. The van der Waals surface area contributed by atoms with E-state index in [9.17, 15) is 9.18 Å². The summed E-state index contributed by atoms with van der Waals surface area (Å²) in [6.07, 6.45) is 0. The molecule has 2 aromatic rings. The Morgan fingerprint density at radius 3 is 3.08 bits per heavy atom. The van der Waals surface area contributed by atoms with Crippen molar-refractivity contribution in [3.05, 3.63) is 41.8 Å². The van der Waals surface area contributed by atoms with E-state index in [0.29, 0.717) is 56.4 Å². The van der Waals surface area contributed by atoms with Gasteiger partial charge in [0.25, 0.3) is 5.91 Å². The number of aromatic nitrogens is 2. The van der Waals surface area contributed by atoms with Crippen LogP contribution in [0.4, 0.5) is 4.39 Å². The molecule has 2 fully saturated rings. The van der Waals surface area contributed by atoms with Crippen LogP contribution >= 0.6 is 0 Å². The smallest absolute Gasteiger partial charge is 0.272 e. The van der Waals surface area contributed by atoms with Crippen molar-refractivity contribution in [2.75, 3.05) is 46.0 Å². The number of hydrogen-bond acceptors (Lipinski definition) is 5. The molecule has 8 heteroatoms. The number of halogens is 1. The van der Waals surface area contributed by atoms with Crippen molar-refractivity contribution < 1.29 is 18.7 Å². The van der Waals surface area contributed by atoms with Crippen LogP contribution in [0.1, 0.15) is 10.5 Å². The molecular formula is C18H21FN4O3. The molecule has 0 unspecified atom stereocenters. The fraction of sp³-hybridized carbons (Fsp3) is 0.444. The maximum Gasteiger partial charge on any atom is 0.272 e. The van der Waals surface area contributed by atoms with E-state index in [1.54, 1.807) is 29.2 Å². The number of ether oxygens (including phenoxy) is 2. The molecule has 0 bridgehead atoms. The van der Waals surface area contributed by atoms with Gasteiger partial charge in [0.1, 0.15) is 17.1 Å². The molecule has 2 saturated heterocycles. The molecule has 26 heavy (non-hydrogen) atoms. The highest BCUT2D eigenvalue weighted by Crippen LogP contribution is 2.24. The first kappa shape index (κ1) is 17.1. The maximum atomic E-state index is 13.9. The van der Waals surface area contributed by atoms with Crippen LogP contribution in [0.15, 0.2) is 30.3 Å². The van der Waals surface area contributed by atoms with Crippen LogP contribution in [0.25, 0.3) is 11.3 Å². The van der Waals surface area contributed by atoms with E-state index in [4.69, 9.17) is 9.47 Å². The lowest BCUT2D eigenvalue weighted by atomic mass is 10.0. The second-order valence-electron chi connectivity index (χ2n) is 6.63. The van der Waals surface area contributed by atoms with Gasteiger partial charge in [-0.05, 0) is 18.2 Å². The molecule has 4 rings (SSSR count).